The van der Waals surface area contributed by atoms with Crippen molar-refractivity contribution in [2.24, 2.45) is 0 Å². The molecule has 1 heterocycles. The van der Waals surface area contributed by atoms with Gasteiger partial charge >= 0.3 is 0 Å². The lowest BCUT2D eigenvalue weighted by Crippen LogP contribution is -2.09. The first-order valence-corrected chi connectivity index (χ1v) is 3.64. The Kier molecular flexibility index (Phi) is 2.29. The van der Waals surface area contributed by atoms with Crippen molar-refractivity contribution in [3.63, 3.8) is 0 Å². The van der Waals surface area contributed by atoms with Crippen molar-refractivity contribution < 1.29 is 4.39 Å². The summed E-state index contributed by atoms with van der Waals surface area (Å²) in [6.45, 7) is 1.80. The third-order valence-electron chi connectivity index (χ3n) is 1.38. The molecule has 0 spiro atoms. The number of aryl methyl sites for hydroxylation is 1. The van der Waals surface area contributed by atoms with Gasteiger partial charge in [0.25, 0.3) is 0 Å². The molecule has 4 heteroatoms. The lowest BCUT2D eigenvalue weighted by molar-refractivity contribution is 0.599. The van der Waals surface area contributed by atoms with Crippen molar-refractivity contribution >= 4 is 11.6 Å². The highest BCUT2D eigenvalue weighted by Crippen LogP contribution is 2.13. The van der Waals surface area contributed by atoms with Crippen molar-refractivity contribution in [2.75, 3.05) is 0 Å². The van der Waals surface area contributed by atoms with Crippen LogP contribution in [0.1, 0.15) is 12.6 Å². The third kappa shape index (κ3) is 1.60. The highest BCUT2D eigenvalue weighted by molar-refractivity contribution is 6.30. The van der Waals surface area contributed by atoms with Crippen LogP contribution in [0.2, 0.25) is 5.02 Å². The number of nitrogens with one attached hydrogen (secondary N) is 2. The topological polar surface area (TPSA) is 39.6 Å². The zero-order valence-corrected chi connectivity index (χ0v) is 6.80. The van der Waals surface area contributed by atoms with Crippen molar-refractivity contribution in [3.05, 3.63) is 28.1 Å². The van der Waals surface area contributed by atoms with Crippen LogP contribution in [0.4, 0.5) is 4.39 Å². The molecule has 1 rings (SSSR count). The van der Waals surface area contributed by atoms with Gasteiger partial charge in [0, 0.05) is 6.07 Å². The summed E-state index contributed by atoms with van der Waals surface area (Å²) in [5, 5.41) is 7.18. The largest absolute Gasteiger partial charge is 0.342 e. The average molecular weight is 175 g/mol. The van der Waals surface area contributed by atoms with Crippen LogP contribution in [-0.2, 0) is 6.42 Å². The molecule has 60 valence electrons. The molecule has 0 aliphatic rings. The Bertz CT molecular complexity index is 319. The molecule has 0 saturated heterocycles. The molecule has 11 heavy (non-hydrogen) atoms. The molecule has 1 aromatic rings. The van der Waals surface area contributed by atoms with Gasteiger partial charge in [-0.25, -0.2) is 4.39 Å². The molecule has 0 saturated carbocycles. The number of aromatic amines is 1. The zero-order chi connectivity index (χ0) is 8.43. The number of aromatic nitrogens is 1. The minimum Gasteiger partial charge on any atom is -0.342 e. The summed E-state index contributed by atoms with van der Waals surface area (Å²) in [5.41, 5.74) is 0.510. The second-order valence-electron chi connectivity index (χ2n) is 2.18. The summed E-state index contributed by atoms with van der Waals surface area (Å²) in [6.07, 6.45) is 0.512. The molecule has 0 amide bonds. The molecule has 0 aliphatic carbocycles. The molecular weight excluding hydrogens is 167 g/mol. The number of H-pyrrole nitrogens is 1. The third-order valence-corrected chi connectivity index (χ3v) is 1.66. The van der Waals surface area contributed by atoms with E-state index in [9.17, 15) is 4.39 Å². The van der Waals surface area contributed by atoms with Gasteiger partial charge in [-0.2, -0.15) is 0 Å². The fraction of sp³-hybridized carbons (Fsp3) is 0.286. The predicted molar refractivity (Wildman–Crippen MR) is 41.0 cm³/mol. The Morgan fingerprint density at radius 1 is 1.73 bits per heavy atom. The van der Waals surface area contributed by atoms with Gasteiger partial charge in [-0.05, 0) is 6.42 Å². The van der Waals surface area contributed by atoms with Gasteiger partial charge in [-0.3, -0.25) is 5.41 Å². The van der Waals surface area contributed by atoms with E-state index in [1.54, 1.807) is 6.92 Å². The second-order valence-corrected chi connectivity index (χ2v) is 2.58. The van der Waals surface area contributed by atoms with E-state index < -0.39 is 5.82 Å². The van der Waals surface area contributed by atoms with Crippen LogP contribution in [0.15, 0.2) is 6.07 Å². The van der Waals surface area contributed by atoms with Gasteiger partial charge in [-0.15, -0.1) is 0 Å². The second kappa shape index (κ2) is 3.05. The minimum atomic E-state index is -0.454. The van der Waals surface area contributed by atoms with E-state index in [4.69, 9.17) is 17.0 Å². The maximum absolute atomic E-state index is 12.9. The van der Waals surface area contributed by atoms with Crippen LogP contribution in [0.25, 0.3) is 0 Å². The van der Waals surface area contributed by atoms with Crippen LogP contribution in [-0.4, -0.2) is 4.98 Å². The van der Waals surface area contributed by atoms with Crippen LogP contribution >= 0.6 is 11.6 Å². The number of halogens is 2. The normalized spacial score (nSPS) is 10.1. The first kappa shape index (κ1) is 8.27. The van der Waals surface area contributed by atoms with E-state index >= 15 is 0 Å². The number of hydrogen-bond donors (Lipinski definition) is 2. The summed E-state index contributed by atoms with van der Waals surface area (Å²) in [7, 11) is 0. The molecular formula is C7H8ClFN2. The van der Waals surface area contributed by atoms with E-state index in [-0.39, 0.29) is 10.5 Å². The standard InChI is InChI=1S/C7H8ClFN2/c1-2-5-7(9)4(8)3-6(10)11-5/h3H,2H2,1H3,(H2,10,11). The summed E-state index contributed by atoms with van der Waals surface area (Å²) < 4.78 is 12.9. The molecule has 0 radical (unpaired) electrons. The van der Waals surface area contributed by atoms with Crippen LogP contribution in [0.5, 0.6) is 0 Å². The van der Waals surface area contributed by atoms with Crippen LogP contribution in [0, 0.1) is 11.2 Å². The Morgan fingerprint density at radius 2 is 2.36 bits per heavy atom. The molecule has 2 N–H and O–H groups in total. The lowest BCUT2D eigenvalue weighted by Gasteiger charge is -2.00. The smallest absolute Gasteiger partial charge is 0.161 e. The first-order chi connectivity index (χ1) is 5.15. The minimum absolute atomic E-state index is 0.00519. The monoisotopic (exact) mass is 174 g/mol. The quantitative estimate of drug-likeness (QED) is 0.653. The molecule has 1 aromatic heterocycles. The number of rotatable bonds is 1. The van der Waals surface area contributed by atoms with Gasteiger partial charge in [0.05, 0.1) is 10.7 Å². The first-order valence-electron chi connectivity index (χ1n) is 3.27. The summed E-state index contributed by atoms with van der Waals surface area (Å²) in [5.74, 6) is -0.454. The Hall–Kier alpha value is -0.830. The SMILES string of the molecule is CCc1[nH]c(=N)cc(Cl)c1F. The van der Waals surface area contributed by atoms with Crippen LogP contribution < -0.4 is 5.49 Å². The molecule has 0 aliphatic heterocycles. The summed E-state index contributed by atoms with van der Waals surface area (Å²) in [4.78, 5) is 2.57. The van der Waals surface area contributed by atoms with Crippen molar-refractivity contribution in [1.29, 1.82) is 5.41 Å². The van der Waals surface area contributed by atoms with Crippen molar-refractivity contribution in [2.45, 2.75) is 13.3 Å². The highest BCUT2D eigenvalue weighted by Gasteiger charge is 2.04. The fourth-order valence-corrected chi connectivity index (χ4v) is 1.05. The summed E-state index contributed by atoms with van der Waals surface area (Å²) in [6, 6.07) is 1.25. The van der Waals surface area contributed by atoms with Gasteiger partial charge in [0.1, 0.15) is 5.49 Å². The summed E-state index contributed by atoms with van der Waals surface area (Å²) >= 11 is 5.48. The maximum atomic E-state index is 12.9. The van der Waals surface area contributed by atoms with Crippen molar-refractivity contribution in [3.8, 4) is 0 Å². The van der Waals surface area contributed by atoms with E-state index in [2.05, 4.69) is 4.98 Å². The Balaban J connectivity index is 3.36. The van der Waals surface area contributed by atoms with E-state index in [0.29, 0.717) is 12.1 Å². The molecule has 2 nitrogen and oxygen atoms in total. The van der Waals surface area contributed by atoms with Gasteiger partial charge in [-0.1, -0.05) is 18.5 Å². The van der Waals surface area contributed by atoms with Crippen LogP contribution in [0.3, 0.4) is 0 Å². The molecule has 0 aromatic carbocycles. The zero-order valence-electron chi connectivity index (χ0n) is 6.04. The molecule has 0 atom stereocenters. The molecule has 0 bridgehead atoms. The van der Waals surface area contributed by atoms with Gasteiger partial charge < -0.3 is 4.98 Å². The average Bonchev–Trinajstić information content (AvgIpc) is 1.96. The number of hydrogen-bond acceptors (Lipinski definition) is 1. The fourth-order valence-electron chi connectivity index (χ4n) is 0.831. The Morgan fingerprint density at radius 3 is 2.91 bits per heavy atom. The van der Waals surface area contributed by atoms with Gasteiger partial charge in [0.2, 0.25) is 0 Å². The van der Waals surface area contributed by atoms with E-state index in [0.717, 1.165) is 0 Å². The lowest BCUT2D eigenvalue weighted by atomic mass is 10.3. The van der Waals surface area contributed by atoms with Crippen molar-refractivity contribution in [1.82, 2.24) is 4.98 Å². The maximum Gasteiger partial charge on any atom is 0.161 e. The van der Waals surface area contributed by atoms with E-state index in [1.807, 2.05) is 0 Å². The highest BCUT2D eigenvalue weighted by atomic mass is 35.5. The predicted octanol–water partition coefficient (Wildman–Crippen LogP) is 1.85. The molecule has 0 unspecified atom stereocenters. The van der Waals surface area contributed by atoms with E-state index in [1.165, 1.54) is 6.07 Å². The van der Waals surface area contributed by atoms with Gasteiger partial charge in [0.15, 0.2) is 5.82 Å². The molecule has 0 fully saturated rings. The number of pyridine rings is 1. The Labute approximate surface area is 68.5 Å².